The van der Waals surface area contributed by atoms with Crippen LogP contribution in [0.1, 0.15) is 32.4 Å². The summed E-state index contributed by atoms with van der Waals surface area (Å²) in [5.74, 6) is -0.172. The predicted octanol–water partition coefficient (Wildman–Crippen LogP) is 3.62. The lowest BCUT2D eigenvalue weighted by atomic mass is 10.2. The Kier molecular flexibility index (Phi) is 4.50. The molecule has 1 N–H and O–H groups in total. The molecule has 0 unspecified atom stereocenters. The first-order chi connectivity index (χ1) is 12.7. The summed E-state index contributed by atoms with van der Waals surface area (Å²) < 4.78 is 2.02. The molecule has 4 rings (SSSR count). The number of aryl methyl sites for hydroxylation is 1. The minimum absolute atomic E-state index is 0.172. The number of pyridine rings is 1. The molecule has 3 heterocycles. The first-order valence-electron chi connectivity index (χ1n) is 8.39. The van der Waals surface area contributed by atoms with Gasteiger partial charge in [0.25, 0.3) is 5.91 Å². The van der Waals surface area contributed by atoms with Gasteiger partial charge < -0.3 is 9.72 Å². The van der Waals surface area contributed by atoms with Gasteiger partial charge >= 0.3 is 0 Å². The van der Waals surface area contributed by atoms with E-state index in [-0.39, 0.29) is 5.91 Å². The molecule has 4 aromatic rings. The third kappa shape index (κ3) is 3.50. The van der Waals surface area contributed by atoms with Crippen molar-refractivity contribution in [2.24, 2.45) is 0 Å². The normalized spacial score (nSPS) is 11.0. The molecule has 3 aromatic heterocycles. The van der Waals surface area contributed by atoms with Crippen molar-refractivity contribution in [1.29, 1.82) is 0 Å². The monoisotopic (exact) mass is 362 g/mol. The molecular weight excluding hydrogens is 344 g/mol. The Bertz CT molecular complexity index is 1050. The van der Waals surface area contributed by atoms with Crippen LogP contribution in [0.4, 0.5) is 0 Å². The summed E-state index contributed by atoms with van der Waals surface area (Å²) in [5.41, 5.74) is 4.47. The summed E-state index contributed by atoms with van der Waals surface area (Å²) in [6, 6.07) is 16.1. The second-order valence-corrected chi connectivity index (χ2v) is 7.04. The van der Waals surface area contributed by atoms with Crippen molar-refractivity contribution in [3.8, 4) is 0 Å². The van der Waals surface area contributed by atoms with Gasteiger partial charge in [-0.15, -0.1) is 11.3 Å². The lowest BCUT2D eigenvalue weighted by Gasteiger charge is -2.00. The van der Waals surface area contributed by atoms with Crippen LogP contribution in [-0.4, -0.2) is 20.3 Å². The van der Waals surface area contributed by atoms with Crippen molar-refractivity contribution in [3.63, 3.8) is 0 Å². The van der Waals surface area contributed by atoms with Crippen molar-refractivity contribution >= 4 is 22.9 Å². The molecule has 130 valence electrons. The highest BCUT2D eigenvalue weighted by Gasteiger charge is 2.12. The molecule has 1 aromatic carbocycles. The van der Waals surface area contributed by atoms with Gasteiger partial charge in [0.2, 0.25) is 0 Å². The van der Waals surface area contributed by atoms with Gasteiger partial charge in [0.15, 0.2) is 0 Å². The van der Waals surface area contributed by atoms with E-state index in [9.17, 15) is 4.79 Å². The zero-order valence-electron chi connectivity index (χ0n) is 14.3. The van der Waals surface area contributed by atoms with E-state index < -0.39 is 0 Å². The first-order valence-corrected chi connectivity index (χ1v) is 9.27. The predicted molar refractivity (Wildman–Crippen MR) is 102 cm³/mol. The van der Waals surface area contributed by atoms with E-state index in [0.717, 1.165) is 28.5 Å². The molecule has 0 atom stereocenters. The van der Waals surface area contributed by atoms with Crippen LogP contribution in [0.5, 0.6) is 0 Å². The number of benzene rings is 1. The van der Waals surface area contributed by atoms with Crippen LogP contribution in [0.2, 0.25) is 0 Å². The third-order valence-corrected chi connectivity index (χ3v) is 5.01. The average Bonchev–Trinajstić information content (AvgIpc) is 3.28. The van der Waals surface area contributed by atoms with Crippen LogP contribution in [0, 0.1) is 6.92 Å². The molecule has 6 heteroatoms. The Morgan fingerprint density at radius 3 is 2.77 bits per heavy atom. The van der Waals surface area contributed by atoms with Gasteiger partial charge in [0.05, 0.1) is 17.2 Å². The lowest BCUT2D eigenvalue weighted by molar-refractivity contribution is 0.0946. The van der Waals surface area contributed by atoms with E-state index in [1.807, 2.05) is 53.9 Å². The number of carbonyl (C=O) groups excluding carboxylic acids is 1. The highest BCUT2D eigenvalue weighted by Crippen LogP contribution is 2.15. The summed E-state index contributed by atoms with van der Waals surface area (Å²) in [5, 5.41) is 5.64. The van der Waals surface area contributed by atoms with E-state index in [4.69, 9.17) is 0 Å². The molecule has 5 nitrogen and oxygen atoms in total. The number of nitrogens with zero attached hydrogens (tertiary/aromatic N) is 3. The maximum atomic E-state index is 12.4. The lowest BCUT2D eigenvalue weighted by Crippen LogP contribution is -2.23. The first kappa shape index (κ1) is 16.5. The number of hydrogen-bond acceptors (Lipinski definition) is 4. The summed E-state index contributed by atoms with van der Waals surface area (Å²) in [4.78, 5) is 21.4. The number of carbonyl (C=O) groups is 1. The third-order valence-electron chi connectivity index (χ3n) is 4.16. The summed E-state index contributed by atoms with van der Waals surface area (Å²) in [7, 11) is 0. The summed E-state index contributed by atoms with van der Waals surface area (Å²) >= 11 is 1.51. The number of amides is 1. The van der Waals surface area contributed by atoms with Gasteiger partial charge in [0.1, 0.15) is 11.3 Å². The fourth-order valence-electron chi connectivity index (χ4n) is 2.81. The van der Waals surface area contributed by atoms with Crippen LogP contribution in [0.25, 0.3) is 5.65 Å². The molecule has 0 radical (unpaired) electrons. The van der Waals surface area contributed by atoms with Crippen molar-refractivity contribution < 1.29 is 4.79 Å². The molecule has 0 aliphatic rings. The molecular formula is C20H18N4OS. The quantitative estimate of drug-likeness (QED) is 0.590. The Balaban J connectivity index is 1.41. The maximum absolute atomic E-state index is 12.4. The molecule has 1 amide bonds. The number of thiazole rings is 1. The SMILES string of the molecule is Cc1cccc2nc(CNC(=O)c3csc(Cc4ccccc4)n3)cn12. The van der Waals surface area contributed by atoms with Crippen LogP contribution < -0.4 is 5.32 Å². The molecule has 0 spiro atoms. The van der Waals surface area contributed by atoms with Gasteiger partial charge in [-0.25, -0.2) is 9.97 Å². The fraction of sp³-hybridized carbons (Fsp3) is 0.150. The number of aromatic nitrogens is 3. The van der Waals surface area contributed by atoms with Crippen molar-refractivity contribution in [2.75, 3.05) is 0 Å². The minimum atomic E-state index is -0.172. The smallest absolute Gasteiger partial charge is 0.271 e. The van der Waals surface area contributed by atoms with Crippen LogP contribution >= 0.6 is 11.3 Å². The highest BCUT2D eigenvalue weighted by molar-refractivity contribution is 7.09. The van der Waals surface area contributed by atoms with Crippen molar-refractivity contribution in [1.82, 2.24) is 19.7 Å². The van der Waals surface area contributed by atoms with Crippen LogP contribution in [0.15, 0.2) is 60.1 Å². The van der Waals surface area contributed by atoms with E-state index in [1.165, 1.54) is 16.9 Å². The minimum Gasteiger partial charge on any atom is -0.345 e. The molecule has 0 saturated heterocycles. The highest BCUT2D eigenvalue weighted by atomic mass is 32.1. The van der Waals surface area contributed by atoms with Crippen molar-refractivity contribution in [2.45, 2.75) is 19.9 Å². The van der Waals surface area contributed by atoms with E-state index in [1.54, 1.807) is 5.38 Å². The van der Waals surface area contributed by atoms with Crippen LogP contribution in [-0.2, 0) is 13.0 Å². The number of imidazole rings is 1. The van der Waals surface area contributed by atoms with E-state index >= 15 is 0 Å². The summed E-state index contributed by atoms with van der Waals surface area (Å²) in [6.07, 6.45) is 2.69. The molecule has 0 fully saturated rings. The van der Waals surface area contributed by atoms with Crippen LogP contribution in [0.3, 0.4) is 0 Å². The Morgan fingerprint density at radius 1 is 1.12 bits per heavy atom. The van der Waals surface area contributed by atoms with Gasteiger partial charge in [0, 0.05) is 23.7 Å². The van der Waals surface area contributed by atoms with E-state index in [0.29, 0.717) is 12.2 Å². The number of nitrogens with one attached hydrogen (secondary N) is 1. The van der Waals surface area contributed by atoms with Crippen molar-refractivity contribution in [3.05, 3.63) is 87.8 Å². The topological polar surface area (TPSA) is 59.3 Å². The Labute approximate surface area is 155 Å². The van der Waals surface area contributed by atoms with E-state index in [2.05, 4.69) is 27.4 Å². The maximum Gasteiger partial charge on any atom is 0.271 e. The molecule has 26 heavy (non-hydrogen) atoms. The number of rotatable bonds is 5. The average molecular weight is 362 g/mol. The molecule has 0 bridgehead atoms. The fourth-order valence-corrected chi connectivity index (χ4v) is 3.62. The van der Waals surface area contributed by atoms with Gasteiger partial charge in [-0.3, -0.25) is 4.79 Å². The molecule has 0 aliphatic heterocycles. The standard InChI is InChI=1S/C20H18N4OS/c1-14-6-5-9-18-22-16(12-24(14)18)11-21-20(25)17-13-26-19(23-17)10-15-7-3-2-4-8-15/h2-9,12-13H,10-11H2,1H3,(H,21,25). The zero-order valence-corrected chi connectivity index (χ0v) is 15.2. The van der Waals surface area contributed by atoms with Gasteiger partial charge in [-0.1, -0.05) is 36.4 Å². The molecule has 0 saturated carbocycles. The zero-order chi connectivity index (χ0) is 17.9. The number of hydrogen-bond donors (Lipinski definition) is 1. The summed E-state index contributed by atoms with van der Waals surface area (Å²) in [6.45, 7) is 2.41. The second kappa shape index (κ2) is 7.09. The van der Waals surface area contributed by atoms with Gasteiger partial charge in [-0.2, -0.15) is 0 Å². The number of fused-ring (bicyclic) bond motifs is 1. The largest absolute Gasteiger partial charge is 0.345 e. The molecule has 0 aliphatic carbocycles. The Morgan fingerprint density at radius 2 is 1.96 bits per heavy atom. The van der Waals surface area contributed by atoms with Gasteiger partial charge in [-0.05, 0) is 24.6 Å². The second-order valence-electron chi connectivity index (χ2n) is 6.10. The Hall–Kier alpha value is -2.99.